The quantitative estimate of drug-likeness (QED) is 0.0865. The number of nitrogens with zero attached hydrogens (tertiary/aromatic N) is 1. The van der Waals surface area contributed by atoms with Crippen molar-refractivity contribution in [1.82, 2.24) is 4.90 Å². The largest absolute Gasteiger partial charge is 0.492 e. The van der Waals surface area contributed by atoms with Crippen molar-refractivity contribution >= 4 is 22.7 Å². The molecule has 0 saturated heterocycles. The van der Waals surface area contributed by atoms with E-state index in [4.69, 9.17) is 25.8 Å². The van der Waals surface area contributed by atoms with E-state index < -0.39 is 0 Å². The van der Waals surface area contributed by atoms with E-state index in [-0.39, 0.29) is 0 Å². The average Bonchev–Trinajstić information content (AvgIpc) is 3.08. The van der Waals surface area contributed by atoms with Gasteiger partial charge in [0.05, 0.1) is 0 Å². The molecule has 5 aromatic carbocycles. The minimum absolute atomic E-state index is 0.495. The molecule has 0 aromatic heterocycles. The summed E-state index contributed by atoms with van der Waals surface area (Å²) in [5.74, 6) is 3.00. The molecule has 0 spiro atoms. The highest BCUT2D eigenvalue weighted by Gasteiger charge is 2.15. The van der Waals surface area contributed by atoms with Crippen LogP contribution in [0.3, 0.4) is 0 Å². The Kier molecular flexibility index (Phi) is 11.7. The second kappa shape index (κ2) is 16.5. The first-order chi connectivity index (χ1) is 22.1. The van der Waals surface area contributed by atoms with E-state index in [1.54, 1.807) is 0 Å². The highest BCUT2D eigenvalue weighted by Crippen LogP contribution is 2.36. The third-order valence-corrected chi connectivity index (χ3v) is 7.63. The zero-order valence-electron chi connectivity index (χ0n) is 26.0. The maximum Gasteiger partial charge on any atom is 0.119 e. The van der Waals surface area contributed by atoms with Crippen LogP contribution in [0.25, 0.3) is 11.1 Å². The van der Waals surface area contributed by atoms with Crippen molar-refractivity contribution in [2.24, 2.45) is 0 Å². The van der Waals surface area contributed by atoms with Crippen LogP contribution in [0.15, 0.2) is 133 Å². The summed E-state index contributed by atoms with van der Waals surface area (Å²) in [4.78, 5) is 2.11. The van der Waals surface area contributed by atoms with E-state index in [0.717, 1.165) is 57.2 Å². The van der Waals surface area contributed by atoms with Crippen LogP contribution in [0.5, 0.6) is 17.2 Å². The van der Waals surface area contributed by atoms with Gasteiger partial charge in [-0.25, -0.2) is 0 Å². The molecule has 4 nitrogen and oxygen atoms in total. The molecule has 0 unspecified atom stereocenters. The number of hydrogen-bond acceptors (Lipinski definition) is 4. The van der Waals surface area contributed by atoms with Crippen LogP contribution in [-0.4, -0.2) is 38.0 Å². The van der Waals surface area contributed by atoms with Crippen LogP contribution < -0.4 is 14.2 Å². The monoisotopic (exact) mass is 617 g/mol. The number of rotatable bonds is 15. The second-order valence-corrected chi connectivity index (χ2v) is 11.4. The standard InChI is InChI=1S/C40H40ClNO3/c1-42(2)27-28-43-36-21-15-34(16-22-36)40(35-17-23-38(24-18-35)45-30-32-11-7-4-8-12-32)39(25-26-41)33-13-19-37(20-14-33)44-29-31-9-5-3-6-10-31/h3-24H,25-30H2,1-2H3/b40-39-. The summed E-state index contributed by atoms with van der Waals surface area (Å²) < 4.78 is 18.2. The Labute approximate surface area is 272 Å². The molecule has 0 atom stereocenters. The zero-order chi connectivity index (χ0) is 31.3. The molecule has 0 amide bonds. The predicted molar refractivity (Wildman–Crippen MR) is 186 cm³/mol. The van der Waals surface area contributed by atoms with Crippen LogP contribution in [-0.2, 0) is 13.2 Å². The second-order valence-electron chi connectivity index (χ2n) is 11.1. The summed E-state index contributed by atoms with van der Waals surface area (Å²) in [6.45, 7) is 2.54. The highest BCUT2D eigenvalue weighted by molar-refractivity contribution is 6.18. The smallest absolute Gasteiger partial charge is 0.119 e. The zero-order valence-corrected chi connectivity index (χ0v) is 26.8. The van der Waals surface area contributed by atoms with Crippen LogP contribution >= 0.6 is 11.6 Å². The first-order valence-electron chi connectivity index (χ1n) is 15.3. The number of hydrogen-bond donors (Lipinski definition) is 0. The maximum absolute atomic E-state index is 6.44. The van der Waals surface area contributed by atoms with E-state index >= 15 is 0 Å². The molecular weight excluding hydrogens is 578 g/mol. The fourth-order valence-corrected chi connectivity index (χ4v) is 5.23. The summed E-state index contributed by atoms with van der Waals surface area (Å²) in [5, 5.41) is 0. The molecule has 0 radical (unpaired) electrons. The molecule has 0 fully saturated rings. The number of allylic oxidation sites excluding steroid dienone is 1. The minimum Gasteiger partial charge on any atom is -0.492 e. The van der Waals surface area contributed by atoms with Crippen molar-refractivity contribution in [1.29, 1.82) is 0 Å². The van der Waals surface area contributed by atoms with Crippen LogP contribution in [0.4, 0.5) is 0 Å². The van der Waals surface area contributed by atoms with Gasteiger partial charge < -0.3 is 19.1 Å². The van der Waals surface area contributed by atoms with Gasteiger partial charge in [-0.2, -0.15) is 0 Å². The van der Waals surface area contributed by atoms with E-state index in [2.05, 4.69) is 65.6 Å². The lowest BCUT2D eigenvalue weighted by atomic mass is 9.88. The summed E-state index contributed by atoms with van der Waals surface area (Å²) in [6, 6.07) is 45.4. The SMILES string of the molecule is CN(C)CCOc1ccc(/C(=C(\CCCl)c2ccc(OCc3ccccc3)cc2)c2ccc(OCc3ccccc3)cc2)cc1. The molecule has 5 heteroatoms. The van der Waals surface area contributed by atoms with Gasteiger partial charge in [0.2, 0.25) is 0 Å². The van der Waals surface area contributed by atoms with Gasteiger partial charge in [0.25, 0.3) is 0 Å². The van der Waals surface area contributed by atoms with Crippen molar-refractivity contribution in [3.8, 4) is 17.2 Å². The van der Waals surface area contributed by atoms with Crippen LogP contribution in [0.2, 0.25) is 0 Å². The molecule has 230 valence electrons. The summed E-state index contributed by atoms with van der Waals surface area (Å²) in [7, 11) is 4.09. The molecule has 0 aliphatic heterocycles. The average molecular weight is 618 g/mol. The fraction of sp³-hybridized carbons (Fsp3) is 0.200. The first-order valence-corrected chi connectivity index (χ1v) is 15.8. The van der Waals surface area contributed by atoms with Crippen LogP contribution in [0.1, 0.15) is 34.2 Å². The molecule has 5 aromatic rings. The predicted octanol–water partition coefficient (Wildman–Crippen LogP) is 9.37. The fourth-order valence-electron chi connectivity index (χ4n) is 5.04. The number of alkyl halides is 1. The van der Waals surface area contributed by atoms with Gasteiger partial charge in [0, 0.05) is 12.4 Å². The van der Waals surface area contributed by atoms with E-state index in [9.17, 15) is 0 Å². The van der Waals surface area contributed by atoms with Crippen molar-refractivity contribution in [2.45, 2.75) is 19.6 Å². The first kappa shape index (κ1) is 31.9. The maximum atomic E-state index is 6.44. The minimum atomic E-state index is 0.495. The van der Waals surface area contributed by atoms with E-state index in [1.807, 2.05) is 86.9 Å². The topological polar surface area (TPSA) is 30.9 Å². The van der Waals surface area contributed by atoms with E-state index in [0.29, 0.717) is 32.1 Å². The molecule has 5 rings (SSSR count). The number of ether oxygens (including phenoxy) is 3. The third-order valence-electron chi connectivity index (χ3n) is 7.44. The Morgan fingerprint density at radius 1 is 0.533 bits per heavy atom. The van der Waals surface area contributed by atoms with Gasteiger partial charge in [-0.3, -0.25) is 0 Å². The van der Waals surface area contributed by atoms with Crippen molar-refractivity contribution in [3.63, 3.8) is 0 Å². The summed E-state index contributed by atoms with van der Waals surface area (Å²) >= 11 is 6.44. The Balaban J connectivity index is 1.44. The number of halogens is 1. The molecule has 0 bridgehead atoms. The molecule has 0 aliphatic rings. The number of likely N-dealkylation sites (N-methyl/N-ethyl adjacent to an activating group) is 1. The lowest BCUT2D eigenvalue weighted by molar-refractivity contribution is 0.261. The number of benzene rings is 5. The molecule has 45 heavy (non-hydrogen) atoms. The Bertz CT molecular complexity index is 1620. The van der Waals surface area contributed by atoms with E-state index in [1.165, 1.54) is 5.57 Å². The normalized spacial score (nSPS) is 11.6. The van der Waals surface area contributed by atoms with Gasteiger partial charge in [-0.1, -0.05) is 97.1 Å². The highest BCUT2D eigenvalue weighted by atomic mass is 35.5. The Morgan fingerprint density at radius 2 is 0.956 bits per heavy atom. The Morgan fingerprint density at radius 3 is 1.38 bits per heavy atom. The summed E-state index contributed by atoms with van der Waals surface area (Å²) in [6.07, 6.45) is 0.703. The van der Waals surface area contributed by atoms with Gasteiger partial charge in [0.1, 0.15) is 37.1 Å². The lowest BCUT2D eigenvalue weighted by Gasteiger charge is -2.18. The van der Waals surface area contributed by atoms with Gasteiger partial charge in [0.15, 0.2) is 0 Å². The lowest BCUT2D eigenvalue weighted by Crippen LogP contribution is -2.19. The van der Waals surface area contributed by atoms with Crippen molar-refractivity contribution < 1.29 is 14.2 Å². The van der Waals surface area contributed by atoms with Gasteiger partial charge in [-0.05, 0) is 95.9 Å². The molecule has 0 saturated carbocycles. The molecule has 0 N–H and O–H groups in total. The third kappa shape index (κ3) is 9.49. The van der Waals surface area contributed by atoms with Gasteiger partial charge >= 0.3 is 0 Å². The molecule has 0 aliphatic carbocycles. The van der Waals surface area contributed by atoms with Gasteiger partial charge in [-0.15, -0.1) is 11.6 Å². The summed E-state index contributed by atoms with van der Waals surface area (Å²) in [5.41, 5.74) is 7.85. The van der Waals surface area contributed by atoms with Crippen molar-refractivity contribution in [3.05, 3.63) is 161 Å². The Hall–Kier alpha value is -4.51. The van der Waals surface area contributed by atoms with Crippen molar-refractivity contribution in [2.75, 3.05) is 33.1 Å². The molecular formula is C40H40ClNO3. The van der Waals surface area contributed by atoms with Crippen LogP contribution in [0, 0.1) is 0 Å². The molecule has 0 heterocycles.